The Morgan fingerprint density at radius 1 is 1.32 bits per heavy atom. The van der Waals surface area contributed by atoms with Crippen LogP contribution in [0.15, 0.2) is 60.2 Å². The van der Waals surface area contributed by atoms with Crippen LogP contribution in [0.25, 0.3) is 0 Å². The van der Waals surface area contributed by atoms with Crippen LogP contribution in [-0.2, 0) is 4.79 Å². The highest BCUT2D eigenvalue weighted by molar-refractivity contribution is 7.80. The Morgan fingerprint density at radius 3 is 2.39 bits per heavy atom. The van der Waals surface area contributed by atoms with Crippen LogP contribution >= 0.6 is 12.2 Å². The first-order chi connectivity index (χ1) is 14.4. The normalized spacial score (nSPS) is 18.3. The van der Waals surface area contributed by atoms with Crippen molar-refractivity contribution in [3.05, 3.63) is 65.8 Å². The van der Waals surface area contributed by atoms with E-state index in [-0.39, 0.29) is 11.0 Å². The Kier molecular flexibility index (Phi) is 7.12. The number of nitrogens with zero attached hydrogens (tertiary/aromatic N) is 3. The topological polar surface area (TPSA) is 47.3 Å². The molecule has 0 bridgehead atoms. The molecule has 1 aromatic rings. The number of allylic oxidation sites excluding steroid dienone is 4. The van der Waals surface area contributed by atoms with Gasteiger partial charge in [-0.25, -0.2) is 0 Å². The summed E-state index contributed by atoms with van der Waals surface area (Å²) in [6, 6.07) is 8.49. The van der Waals surface area contributed by atoms with Crippen LogP contribution in [0.2, 0.25) is 0 Å². The molecule has 0 aliphatic carbocycles. The number of thiocarbonyl (C=S) groups is 1. The van der Waals surface area contributed by atoms with Crippen LogP contribution in [-0.4, -0.2) is 33.7 Å². The van der Waals surface area contributed by atoms with Gasteiger partial charge >= 0.3 is 6.18 Å². The van der Waals surface area contributed by atoms with E-state index in [4.69, 9.17) is 12.2 Å². The lowest BCUT2D eigenvalue weighted by molar-refractivity contribution is -0.130. The van der Waals surface area contributed by atoms with Gasteiger partial charge in [-0.2, -0.15) is 18.4 Å². The van der Waals surface area contributed by atoms with Gasteiger partial charge in [-0.1, -0.05) is 29.8 Å². The molecule has 0 radical (unpaired) electrons. The van der Waals surface area contributed by atoms with Gasteiger partial charge in [0.2, 0.25) is 0 Å². The SMILES string of the molecule is C=CC/C(=C(C#N)\C=C/C(C)N1C(=O)C(C)(C)N(c2ccc(C)cc2)C1=S)C(F)(F)F. The summed E-state index contributed by atoms with van der Waals surface area (Å²) in [5, 5.41) is 9.51. The van der Waals surface area contributed by atoms with Crippen molar-refractivity contribution in [1.82, 2.24) is 4.90 Å². The minimum absolute atomic E-state index is 0.251. The summed E-state index contributed by atoms with van der Waals surface area (Å²) < 4.78 is 39.8. The lowest BCUT2D eigenvalue weighted by Crippen LogP contribution is -2.44. The number of amides is 1. The third-order valence-corrected chi connectivity index (χ3v) is 5.45. The van der Waals surface area contributed by atoms with Crippen molar-refractivity contribution in [2.45, 2.75) is 51.9 Å². The van der Waals surface area contributed by atoms with E-state index in [9.17, 15) is 23.2 Å². The zero-order chi connectivity index (χ0) is 23.6. The fraction of sp³-hybridized carbons (Fsp3) is 0.348. The van der Waals surface area contributed by atoms with Gasteiger partial charge in [-0.3, -0.25) is 9.69 Å². The molecular formula is C23H24F3N3OS. The van der Waals surface area contributed by atoms with Gasteiger partial charge in [-0.15, -0.1) is 6.58 Å². The molecule has 1 aliphatic heterocycles. The predicted octanol–water partition coefficient (Wildman–Crippen LogP) is 5.61. The Morgan fingerprint density at radius 2 is 1.90 bits per heavy atom. The van der Waals surface area contributed by atoms with Crippen molar-refractivity contribution < 1.29 is 18.0 Å². The van der Waals surface area contributed by atoms with Crippen molar-refractivity contribution >= 4 is 28.9 Å². The number of hydrogen-bond acceptors (Lipinski definition) is 3. The minimum atomic E-state index is -4.66. The highest BCUT2D eigenvalue weighted by Crippen LogP contribution is 2.35. The Labute approximate surface area is 185 Å². The first-order valence-electron chi connectivity index (χ1n) is 9.60. The molecule has 164 valence electrons. The Balaban J connectivity index is 2.40. The fourth-order valence-corrected chi connectivity index (χ4v) is 3.94. The van der Waals surface area contributed by atoms with Crippen LogP contribution < -0.4 is 4.90 Å². The molecule has 1 atom stereocenters. The van der Waals surface area contributed by atoms with Crippen LogP contribution in [0, 0.1) is 18.3 Å². The Hall–Kier alpha value is -2.92. The number of halogens is 3. The lowest BCUT2D eigenvalue weighted by Gasteiger charge is -2.29. The van der Waals surface area contributed by atoms with E-state index in [1.165, 1.54) is 11.0 Å². The molecule has 1 aromatic carbocycles. The van der Waals surface area contributed by atoms with E-state index in [0.29, 0.717) is 0 Å². The molecule has 1 saturated heterocycles. The van der Waals surface area contributed by atoms with Gasteiger partial charge in [0.15, 0.2) is 5.11 Å². The molecule has 1 aliphatic rings. The maximum atomic E-state index is 13.3. The number of hydrogen-bond donors (Lipinski definition) is 0. The first kappa shape index (κ1) is 24.4. The van der Waals surface area contributed by atoms with Gasteiger partial charge in [0, 0.05) is 5.69 Å². The van der Waals surface area contributed by atoms with Crippen LogP contribution in [0.1, 0.15) is 32.8 Å². The third-order valence-electron chi connectivity index (χ3n) is 5.08. The number of alkyl halides is 3. The summed E-state index contributed by atoms with van der Waals surface area (Å²) in [6.45, 7) is 10.4. The molecule has 0 saturated carbocycles. The largest absolute Gasteiger partial charge is 0.414 e. The smallest absolute Gasteiger partial charge is 0.304 e. The quantitative estimate of drug-likeness (QED) is 0.246. The molecule has 8 heteroatoms. The second-order valence-electron chi connectivity index (χ2n) is 7.78. The zero-order valence-electron chi connectivity index (χ0n) is 17.8. The lowest BCUT2D eigenvalue weighted by atomic mass is 10.0. The highest BCUT2D eigenvalue weighted by atomic mass is 32.1. The minimum Gasteiger partial charge on any atom is -0.304 e. The predicted molar refractivity (Wildman–Crippen MR) is 119 cm³/mol. The van der Waals surface area contributed by atoms with E-state index in [0.717, 1.165) is 23.4 Å². The Bertz CT molecular complexity index is 985. The summed E-state index contributed by atoms with van der Waals surface area (Å²) in [7, 11) is 0. The van der Waals surface area contributed by atoms with Gasteiger partial charge < -0.3 is 4.90 Å². The highest BCUT2D eigenvalue weighted by Gasteiger charge is 2.50. The summed E-state index contributed by atoms with van der Waals surface area (Å²) >= 11 is 5.57. The molecule has 0 N–H and O–H groups in total. The number of carbonyl (C=O) groups excluding carboxylic acids is 1. The molecule has 0 aromatic heterocycles. The van der Waals surface area contributed by atoms with Gasteiger partial charge in [-0.05, 0) is 64.5 Å². The average molecular weight is 448 g/mol. The number of carbonyl (C=O) groups is 1. The van der Waals surface area contributed by atoms with Crippen LogP contribution in [0.4, 0.5) is 18.9 Å². The van der Waals surface area contributed by atoms with E-state index < -0.39 is 35.3 Å². The molecule has 2 rings (SSSR count). The van der Waals surface area contributed by atoms with Crippen LogP contribution in [0.5, 0.6) is 0 Å². The third kappa shape index (κ3) is 4.88. The molecule has 1 heterocycles. The molecule has 4 nitrogen and oxygen atoms in total. The standard InChI is InChI=1S/C23H24F3N3OS/c1-6-7-19(23(24,25)26)17(14-27)11-10-16(3)28-20(30)22(4,5)29(21(28)31)18-12-8-15(2)9-13-18/h6,8-13,16H,1,7H2,2-5H3/b11-10-,19-17-. The number of anilines is 1. The summed E-state index contributed by atoms with van der Waals surface area (Å²) in [6.07, 6.45) is -1.57. The van der Waals surface area contributed by atoms with Crippen molar-refractivity contribution in [3.8, 4) is 6.07 Å². The van der Waals surface area contributed by atoms with Crippen molar-refractivity contribution in [3.63, 3.8) is 0 Å². The number of benzene rings is 1. The first-order valence-corrected chi connectivity index (χ1v) is 10.0. The van der Waals surface area contributed by atoms with E-state index in [1.54, 1.807) is 31.7 Å². The van der Waals surface area contributed by atoms with Crippen LogP contribution in [0.3, 0.4) is 0 Å². The zero-order valence-corrected chi connectivity index (χ0v) is 18.6. The van der Waals surface area contributed by atoms with E-state index in [1.807, 2.05) is 31.2 Å². The summed E-state index contributed by atoms with van der Waals surface area (Å²) in [4.78, 5) is 16.2. The van der Waals surface area contributed by atoms with E-state index in [2.05, 4.69) is 6.58 Å². The maximum absolute atomic E-state index is 13.3. The molecular weight excluding hydrogens is 423 g/mol. The second-order valence-corrected chi connectivity index (χ2v) is 8.15. The maximum Gasteiger partial charge on any atom is 0.414 e. The van der Waals surface area contributed by atoms with Gasteiger partial charge in [0.05, 0.1) is 23.3 Å². The summed E-state index contributed by atoms with van der Waals surface area (Å²) in [5.41, 5.74) is -0.670. The summed E-state index contributed by atoms with van der Waals surface area (Å²) in [5.74, 6) is -0.278. The van der Waals surface area contributed by atoms with Crippen molar-refractivity contribution in [2.24, 2.45) is 0 Å². The number of rotatable bonds is 6. The molecule has 1 unspecified atom stereocenters. The molecule has 1 fully saturated rings. The number of nitriles is 1. The average Bonchev–Trinajstić information content (AvgIpc) is 2.85. The van der Waals surface area contributed by atoms with Gasteiger partial charge in [0.1, 0.15) is 5.54 Å². The van der Waals surface area contributed by atoms with Crippen molar-refractivity contribution in [2.75, 3.05) is 4.90 Å². The molecule has 1 amide bonds. The molecule has 31 heavy (non-hydrogen) atoms. The monoisotopic (exact) mass is 447 g/mol. The second kappa shape index (κ2) is 9.06. The van der Waals surface area contributed by atoms with Crippen molar-refractivity contribution in [1.29, 1.82) is 5.26 Å². The fourth-order valence-electron chi connectivity index (χ4n) is 3.36. The van der Waals surface area contributed by atoms with E-state index >= 15 is 0 Å². The van der Waals surface area contributed by atoms with Gasteiger partial charge in [0.25, 0.3) is 5.91 Å². The number of aryl methyl sites for hydroxylation is 1. The molecule has 0 spiro atoms.